The van der Waals surface area contributed by atoms with Gasteiger partial charge in [0.25, 0.3) is 0 Å². The lowest BCUT2D eigenvalue weighted by molar-refractivity contribution is -0.137. The van der Waals surface area contributed by atoms with E-state index in [0.29, 0.717) is 0 Å². The third-order valence-electron chi connectivity index (χ3n) is 1.88. The number of benzene rings is 1. The van der Waals surface area contributed by atoms with E-state index in [1.807, 2.05) is 0 Å². The second kappa shape index (κ2) is 5.09. The molecule has 1 aromatic rings. The molecule has 0 fully saturated rings. The predicted octanol–water partition coefficient (Wildman–Crippen LogP) is 2.79. The molecule has 84 valence electrons. The van der Waals surface area contributed by atoms with Crippen molar-refractivity contribution in [3.8, 4) is 0 Å². The maximum Gasteiger partial charge on any atom is 0.304 e. The van der Waals surface area contributed by atoms with Crippen molar-refractivity contribution in [3.05, 3.63) is 45.8 Å². The first-order chi connectivity index (χ1) is 7.54. The lowest BCUT2D eigenvalue weighted by Gasteiger charge is -2.09. The Balaban J connectivity index is 3.14. The van der Waals surface area contributed by atoms with Gasteiger partial charge in [-0.1, -0.05) is 5.11 Å². The lowest BCUT2D eigenvalue weighted by Crippen LogP contribution is -2.06. The molecule has 0 aliphatic carbocycles. The first-order valence-corrected chi connectivity index (χ1v) is 4.25. The number of nitrogens with zero attached hydrogens (tertiary/aromatic N) is 3. The molecule has 0 aliphatic rings. The van der Waals surface area contributed by atoms with Crippen molar-refractivity contribution in [2.24, 2.45) is 5.11 Å². The molecule has 1 N–H and O–H groups in total. The van der Waals surface area contributed by atoms with E-state index in [4.69, 9.17) is 10.6 Å². The largest absolute Gasteiger partial charge is 0.481 e. The molecular weight excluding hydrogens is 220 g/mol. The van der Waals surface area contributed by atoms with Crippen LogP contribution >= 0.6 is 0 Å². The van der Waals surface area contributed by atoms with E-state index >= 15 is 0 Å². The first-order valence-electron chi connectivity index (χ1n) is 4.25. The van der Waals surface area contributed by atoms with E-state index < -0.39 is 30.1 Å². The minimum absolute atomic E-state index is 0.264. The third kappa shape index (κ3) is 2.93. The second-order valence-electron chi connectivity index (χ2n) is 2.98. The fourth-order valence-electron chi connectivity index (χ4n) is 1.21. The number of halogens is 2. The zero-order valence-corrected chi connectivity index (χ0v) is 7.97. The minimum Gasteiger partial charge on any atom is -0.481 e. The molecule has 1 aromatic carbocycles. The van der Waals surface area contributed by atoms with Crippen LogP contribution in [-0.4, -0.2) is 11.1 Å². The van der Waals surface area contributed by atoms with E-state index in [1.54, 1.807) is 0 Å². The molecule has 0 spiro atoms. The summed E-state index contributed by atoms with van der Waals surface area (Å²) in [7, 11) is 0. The fourth-order valence-corrected chi connectivity index (χ4v) is 1.21. The van der Waals surface area contributed by atoms with Gasteiger partial charge in [-0.25, -0.2) is 8.78 Å². The molecule has 7 heteroatoms. The maximum atomic E-state index is 13.3. The van der Waals surface area contributed by atoms with Crippen LogP contribution < -0.4 is 0 Å². The molecule has 0 radical (unpaired) electrons. The van der Waals surface area contributed by atoms with E-state index in [1.165, 1.54) is 0 Å². The molecule has 0 heterocycles. The minimum atomic E-state index is -1.26. The number of aliphatic carboxylic acids is 1. The van der Waals surface area contributed by atoms with Gasteiger partial charge in [0.15, 0.2) is 0 Å². The number of carbonyl (C=O) groups is 1. The van der Waals surface area contributed by atoms with Crippen LogP contribution in [0.1, 0.15) is 18.0 Å². The number of carboxylic acid groups (broad SMARTS) is 1. The highest BCUT2D eigenvalue weighted by atomic mass is 19.1. The second-order valence-corrected chi connectivity index (χ2v) is 2.98. The monoisotopic (exact) mass is 227 g/mol. The van der Waals surface area contributed by atoms with Crippen LogP contribution in [0, 0.1) is 11.6 Å². The van der Waals surface area contributed by atoms with Crippen molar-refractivity contribution in [2.75, 3.05) is 0 Å². The van der Waals surface area contributed by atoms with Crippen molar-refractivity contribution in [1.82, 2.24) is 0 Å². The zero-order chi connectivity index (χ0) is 12.1. The molecule has 1 atom stereocenters. The van der Waals surface area contributed by atoms with Gasteiger partial charge in [-0.2, -0.15) is 0 Å². The summed E-state index contributed by atoms with van der Waals surface area (Å²) in [6.45, 7) is 0. The van der Waals surface area contributed by atoms with Gasteiger partial charge in [0.2, 0.25) is 0 Å². The number of hydrogen-bond acceptors (Lipinski definition) is 2. The fraction of sp³-hybridized carbons (Fsp3) is 0.222. The number of carboxylic acids is 1. The molecule has 0 amide bonds. The van der Waals surface area contributed by atoms with E-state index in [9.17, 15) is 13.6 Å². The Morgan fingerprint density at radius 1 is 1.56 bits per heavy atom. The van der Waals surface area contributed by atoms with Gasteiger partial charge in [0, 0.05) is 10.5 Å². The quantitative estimate of drug-likeness (QED) is 0.487. The number of azide groups is 1. The summed E-state index contributed by atoms with van der Waals surface area (Å²) in [6, 6.07) is 1.31. The topological polar surface area (TPSA) is 86.1 Å². The average molecular weight is 227 g/mol. The Morgan fingerprint density at radius 3 is 2.81 bits per heavy atom. The summed E-state index contributed by atoms with van der Waals surface area (Å²) in [4.78, 5) is 12.9. The summed E-state index contributed by atoms with van der Waals surface area (Å²) >= 11 is 0. The molecule has 0 saturated carbocycles. The predicted molar refractivity (Wildman–Crippen MR) is 50.5 cm³/mol. The first kappa shape index (κ1) is 11.9. The van der Waals surface area contributed by atoms with Crippen molar-refractivity contribution >= 4 is 5.97 Å². The average Bonchev–Trinajstić information content (AvgIpc) is 2.20. The highest BCUT2D eigenvalue weighted by Crippen LogP contribution is 2.25. The molecule has 0 aromatic heterocycles. The van der Waals surface area contributed by atoms with Crippen LogP contribution in [0.15, 0.2) is 23.3 Å². The van der Waals surface area contributed by atoms with Crippen molar-refractivity contribution in [3.63, 3.8) is 0 Å². The number of rotatable bonds is 4. The molecule has 1 unspecified atom stereocenters. The SMILES string of the molecule is [N-]=[N+]=NC(CC(=O)O)c1cc(F)ccc1F. The van der Waals surface area contributed by atoms with Crippen LogP contribution in [0.25, 0.3) is 10.4 Å². The summed E-state index contributed by atoms with van der Waals surface area (Å²) in [6.07, 6.45) is -0.593. The van der Waals surface area contributed by atoms with Crippen LogP contribution in [0.5, 0.6) is 0 Å². The Bertz CT molecular complexity index is 458. The highest BCUT2D eigenvalue weighted by Gasteiger charge is 2.18. The Kier molecular flexibility index (Phi) is 3.79. The summed E-state index contributed by atoms with van der Waals surface area (Å²) < 4.78 is 26.1. The van der Waals surface area contributed by atoms with Gasteiger partial charge in [-0.05, 0) is 23.7 Å². The standard InChI is InChI=1S/C9H7F2N3O2/c10-5-1-2-7(11)6(3-5)8(13-14-12)4-9(15)16/h1-3,8H,4H2,(H,15,16). The van der Waals surface area contributed by atoms with Crippen LogP contribution in [0.2, 0.25) is 0 Å². The molecule has 5 nitrogen and oxygen atoms in total. The van der Waals surface area contributed by atoms with Crippen molar-refractivity contribution in [1.29, 1.82) is 0 Å². The van der Waals surface area contributed by atoms with E-state index in [2.05, 4.69) is 10.0 Å². The van der Waals surface area contributed by atoms with Gasteiger partial charge >= 0.3 is 5.97 Å². The summed E-state index contributed by atoms with van der Waals surface area (Å²) in [5.74, 6) is -2.79. The normalized spacial score (nSPS) is 11.6. The van der Waals surface area contributed by atoms with E-state index in [0.717, 1.165) is 18.2 Å². The zero-order valence-electron chi connectivity index (χ0n) is 7.97. The summed E-state index contributed by atoms with van der Waals surface area (Å²) in [5, 5.41) is 11.7. The molecule has 16 heavy (non-hydrogen) atoms. The van der Waals surface area contributed by atoms with Crippen LogP contribution in [-0.2, 0) is 4.79 Å². The summed E-state index contributed by atoms with van der Waals surface area (Å²) in [5.41, 5.74) is 7.96. The smallest absolute Gasteiger partial charge is 0.304 e. The molecule has 0 saturated heterocycles. The molecule has 1 rings (SSSR count). The number of hydrogen-bond donors (Lipinski definition) is 1. The Morgan fingerprint density at radius 2 is 2.25 bits per heavy atom. The van der Waals surface area contributed by atoms with Gasteiger partial charge in [-0.15, -0.1) is 0 Å². The molecule has 0 aliphatic heterocycles. The van der Waals surface area contributed by atoms with Gasteiger partial charge < -0.3 is 5.11 Å². The van der Waals surface area contributed by atoms with Crippen LogP contribution in [0.4, 0.5) is 8.78 Å². The van der Waals surface area contributed by atoms with Gasteiger partial charge in [-0.3, -0.25) is 4.79 Å². The van der Waals surface area contributed by atoms with Crippen LogP contribution in [0.3, 0.4) is 0 Å². The molecular formula is C9H7F2N3O2. The van der Waals surface area contributed by atoms with Crippen molar-refractivity contribution in [2.45, 2.75) is 12.5 Å². The highest BCUT2D eigenvalue weighted by molar-refractivity contribution is 5.68. The third-order valence-corrected chi connectivity index (χ3v) is 1.88. The lowest BCUT2D eigenvalue weighted by atomic mass is 10.0. The van der Waals surface area contributed by atoms with E-state index in [-0.39, 0.29) is 5.56 Å². The van der Waals surface area contributed by atoms with Gasteiger partial charge in [0.05, 0.1) is 12.5 Å². The maximum absolute atomic E-state index is 13.3. The molecule has 0 bridgehead atoms. The van der Waals surface area contributed by atoms with Crippen molar-refractivity contribution < 1.29 is 18.7 Å². The Labute approximate surface area is 88.9 Å². The Hall–Kier alpha value is -2.14. The van der Waals surface area contributed by atoms with Gasteiger partial charge in [0.1, 0.15) is 11.6 Å².